The van der Waals surface area contributed by atoms with Crippen molar-refractivity contribution in [1.82, 2.24) is 25.0 Å². The van der Waals surface area contributed by atoms with Gasteiger partial charge in [-0.25, -0.2) is 4.68 Å². The average molecular weight is 445 g/mol. The molecular formula is C15H14Cl2N6O2S2. The Morgan fingerprint density at radius 1 is 1.41 bits per heavy atom. The summed E-state index contributed by atoms with van der Waals surface area (Å²) in [6.07, 6.45) is 1.62. The van der Waals surface area contributed by atoms with E-state index in [4.69, 9.17) is 23.2 Å². The number of nitrogens with one attached hydrogen (secondary N) is 2. The van der Waals surface area contributed by atoms with Crippen molar-refractivity contribution in [3.8, 4) is 11.3 Å². The van der Waals surface area contributed by atoms with Gasteiger partial charge in [-0.2, -0.15) is 5.10 Å². The van der Waals surface area contributed by atoms with Crippen molar-refractivity contribution in [2.75, 3.05) is 11.1 Å². The second-order valence-corrected chi connectivity index (χ2v) is 8.89. The van der Waals surface area contributed by atoms with Crippen molar-refractivity contribution in [1.29, 1.82) is 0 Å². The summed E-state index contributed by atoms with van der Waals surface area (Å²) in [5.41, 5.74) is 0.0524. The average Bonchev–Trinajstić information content (AvgIpc) is 3.19. The molecule has 12 heteroatoms. The van der Waals surface area contributed by atoms with E-state index in [1.807, 2.05) is 13.8 Å². The van der Waals surface area contributed by atoms with Gasteiger partial charge in [0.05, 0.1) is 16.3 Å². The van der Waals surface area contributed by atoms with Crippen LogP contribution in [0.15, 0.2) is 28.3 Å². The molecule has 1 amide bonds. The molecule has 0 saturated heterocycles. The summed E-state index contributed by atoms with van der Waals surface area (Å²) in [5, 5.41) is 15.0. The standard InChI is InChI=1S/C15H14Cl2N6O2S2/c1-7(2)23-10(3-4-18-23)19-11(24)6-26-15-20-14(25)12(21-22-15)8-5-9(16)27-13(8)17/h3-5,7H,6H2,1-2H3,(H,19,24)(H,20,22,25). The minimum atomic E-state index is -0.456. The van der Waals surface area contributed by atoms with Gasteiger partial charge in [-0.05, 0) is 19.9 Å². The first kappa shape index (κ1) is 19.9. The first-order chi connectivity index (χ1) is 12.8. The Morgan fingerprint density at radius 3 is 2.81 bits per heavy atom. The third-order valence-electron chi connectivity index (χ3n) is 3.36. The number of thioether (sulfide) groups is 1. The molecule has 0 spiro atoms. The summed E-state index contributed by atoms with van der Waals surface area (Å²) < 4.78 is 2.52. The van der Waals surface area contributed by atoms with Crippen LogP contribution in [0.2, 0.25) is 8.67 Å². The molecule has 0 fully saturated rings. The summed E-state index contributed by atoms with van der Waals surface area (Å²) in [6.45, 7) is 3.93. The number of hydrogen-bond donors (Lipinski definition) is 2. The molecule has 0 aliphatic carbocycles. The highest BCUT2D eigenvalue weighted by Gasteiger charge is 2.16. The van der Waals surface area contributed by atoms with Gasteiger partial charge in [-0.1, -0.05) is 35.0 Å². The van der Waals surface area contributed by atoms with Crippen molar-refractivity contribution >= 4 is 58.0 Å². The number of hydrogen-bond acceptors (Lipinski definition) is 7. The van der Waals surface area contributed by atoms with Gasteiger partial charge >= 0.3 is 0 Å². The molecule has 0 aromatic carbocycles. The van der Waals surface area contributed by atoms with E-state index in [-0.39, 0.29) is 28.6 Å². The zero-order valence-electron chi connectivity index (χ0n) is 14.2. The highest BCUT2D eigenvalue weighted by atomic mass is 35.5. The Morgan fingerprint density at radius 2 is 2.19 bits per heavy atom. The number of aromatic amines is 1. The van der Waals surface area contributed by atoms with Gasteiger partial charge in [0.25, 0.3) is 5.56 Å². The molecule has 3 rings (SSSR count). The van der Waals surface area contributed by atoms with E-state index in [0.717, 1.165) is 23.1 Å². The van der Waals surface area contributed by atoms with Crippen LogP contribution < -0.4 is 10.9 Å². The van der Waals surface area contributed by atoms with E-state index in [1.54, 1.807) is 23.0 Å². The smallest absolute Gasteiger partial charge is 0.278 e. The van der Waals surface area contributed by atoms with Crippen molar-refractivity contribution in [2.24, 2.45) is 0 Å². The van der Waals surface area contributed by atoms with Gasteiger partial charge in [0.15, 0.2) is 10.9 Å². The molecule has 8 nitrogen and oxygen atoms in total. The number of H-pyrrole nitrogens is 1. The van der Waals surface area contributed by atoms with E-state index in [1.165, 1.54) is 0 Å². The number of carbonyl (C=O) groups is 1. The fourth-order valence-corrected chi connectivity index (χ4v) is 4.27. The molecule has 0 aliphatic rings. The van der Waals surface area contributed by atoms with Crippen molar-refractivity contribution in [3.05, 3.63) is 37.4 Å². The maximum atomic E-state index is 12.2. The van der Waals surface area contributed by atoms with E-state index >= 15 is 0 Å². The van der Waals surface area contributed by atoms with Crippen LogP contribution in [0.25, 0.3) is 11.3 Å². The molecular weight excluding hydrogens is 431 g/mol. The lowest BCUT2D eigenvalue weighted by Crippen LogP contribution is -2.19. The van der Waals surface area contributed by atoms with Crippen molar-refractivity contribution < 1.29 is 4.79 Å². The quantitative estimate of drug-likeness (QED) is 0.561. The predicted molar refractivity (Wildman–Crippen MR) is 108 cm³/mol. The van der Waals surface area contributed by atoms with Crippen molar-refractivity contribution in [3.63, 3.8) is 0 Å². The van der Waals surface area contributed by atoms with Gasteiger partial charge in [-0.3, -0.25) is 14.6 Å². The Labute approximate surface area is 172 Å². The lowest BCUT2D eigenvalue weighted by atomic mass is 10.2. The Bertz CT molecular complexity index is 1030. The van der Waals surface area contributed by atoms with E-state index in [2.05, 4.69) is 25.6 Å². The number of aromatic nitrogens is 5. The largest absolute Gasteiger partial charge is 0.310 e. The van der Waals surface area contributed by atoms with Gasteiger partial charge in [0.1, 0.15) is 10.2 Å². The van der Waals surface area contributed by atoms with Crippen LogP contribution in [0.1, 0.15) is 19.9 Å². The topological polar surface area (TPSA) is 106 Å². The molecule has 27 heavy (non-hydrogen) atoms. The predicted octanol–water partition coefficient (Wildman–Crippen LogP) is 3.71. The molecule has 0 radical (unpaired) electrons. The zero-order valence-corrected chi connectivity index (χ0v) is 17.3. The maximum absolute atomic E-state index is 12.2. The fourth-order valence-electron chi connectivity index (χ4n) is 2.20. The third kappa shape index (κ3) is 4.70. The van der Waals surface area contributed by atoms with Crippen LogP contribution in [-0.4, -0.2) is 36.6 Å². The summed E-state index contributed by atoms with van der Waals surface area (Å²) in [6, 6.07) is 3.40. The second kappa shape index (κ2) is 8.42. The Kier molecular flexibility index (Phi) is 6.20. The van der Waals surface area contributed by atoms with Crippen LogP contribution in [0.3, 0.4) is 0 Å². The van der Waals surface area contributed by atoms with E-state index in [9.17, 15) is 9.59 Å². The monoisotopic (exact) mass is 444 g/mol. The van der Waals surface area contributed by atoms with Gasteiger partial charge in [0.2, 0.25) is 5.91 Å². The van der Waals surface area contributed by atoms with Crippen LogP contribution in [-0.2, 0) is 4.79 Å². The normalized spacial score (nSPS) is 11.1. The highest BCUT2D eigenvalue weighted by Crippen LogP contribution is 2.35. The number of nitrogens with zero attached hydrogens (tertiary/aromatic N) is 4. The first-order valence-corrected chi connectivity index (χ1v) is 10.3. The SMILES string of the molecule is CC(C)n1nccc1NC(=O)CSc1nnc(-c2cc(Cl)sc2Cl)c(=O)[nH]1. The van der Waals surface area contributed by atoms with Crippen molar-refractivity contribution in [2.45, 2.75) is 25.0 Å². The van der Waals surface area contributed by atoms with Crippen LogP contribution in [0.4, 0.5) is 5.82 Å². The van der Waals surface area contributed by atoms with E-state index in [0.29, 0.717) is 20.1 Å². The van der Waals surface area contributed by atoms with Crippen LogP contribution in [0.5, 0.6) is 0 Å². The Balaban J connectivity index is 1.65. The summed E-state index contributed by atoms with van der Waals surface area (Å²) in [7, 11) is 0. The fraction of sp³-hybridized carbons (Fsp3) is 0.267. The number of carbonyl (C=O) groups excluding carboxylic acids is 1. The van der Waals surface area contributed by atoms with E-state index < -0.39 is 5.56 Å². The second-order valence-electron chi connectivity index (χ2n) is 5.64. The molecule has 142 valence electrons. The van der Waals surface area contributed by atoms with Gasteiger partial charge in [0, 0.05) is 17.7 Å². The lowest BCUT2D eigenvalue weighted by Gasteiger charge is -2.11. The van der Waals surface area contributed by atoms with Gasteiger partial charge < -0.3 is 5.32 Å². The number of rotatable bonds is 6. The molecule has 3 aromatic rings. The van der Waals surface area contributed by atoms with Gasteiger partial charge in [-0.15, -0.1) is 21.5 Å². The van der Waals surface area contributed by atoms with Crippen LogP contribution in [0, 0.1) is 0 Å². The minimum absolute atomic E-state index is 0.0538. The number of halogens is 2. The van der Waals surface area contributed by atoms with Crippen LogP contribution >= 0.6 is 46.3 Å². The highest BCUT2D eigenvalue weighted by molar-refractivity contribution is 7.99. The third-order valence-corrected chi connectivity index (χ3v) is 5.71. The molecule has 0 aliphatic heterocycles. The Hall–Kier alpha value is -1.88. The lowest BCUT2D eigenvalue weighted by molar-refractivity contribution is -0.113. The number of anilines is 1. The first-order valence-electron chi connectivity index (χ1n) is 7.73. The molecule has 0 saturated carbocycles. The summed E-state index contributed by atoms with van der Waals surface area (Å²) in [5.74, 6) is 0.412. The molecule has 2 N–H and O–H groups in total. The molecule has 3 heterocycles. The number of thiophene rings is 1. The molecule has 0 unspecified atom stereocenters. The minimum Gasteiger partial charge on any atom is -0.310 e. The number of amides is 1. The molecule has 0 bridgehead atoms. The molecule has 3 aromatic heterocycles. The zero-order chi connectivity index (χ0) is 19.6. The maximum Gasteiger partial charge on any atom is 0.278 e. The summed E-state index contributed by atoms with van der Waals surface area (Å²) >= 11 is 14.1. The molecule has 0 atom stereocenters. The summed E-state index contributed by atoms with van der Waals surface area (Å²) in [4.78, 5) is 27.0.